The van der Waals surface area contributed by atoms with Crippen molar-refractivity contribution in [1.82, 2.24) is 20.0 Å². The van der Waals surface area contributed by atoms with E-state index >= 15 is 0 Å². The first-order chi connectivity index (χ1) is 7.72. The normalized spacial score (nSPS) is 12.4. The number of hydrogen-bond donors (Lipinski definition) is 1. The number of aliphatic hydroxyl groups is 1. The van der Waals surface area contributed by atoms with Crippen LogP contribution in [-0.2, 0) is 7.05 Å². The molecule has 0 bridgehead atoms. The molecule has 0 radical (unpaired) electrons. The SMILES string of the molecule is COc1cccc(C(O)c2cnnn2C)n1. The van der Waals surface area contributed by atoms with Crippen LogP contribution in [0.2, 0.25) is 0 Å². The lowest BCUT2D eigenvalue weighted by molar-refractivity contribution is 0.203. The van der Waals surface area contributed by atoms with Gasteiger partial charge in [-0.3, -0.25) is 0 Å². The van der Waals surface area contributed by atoms with E-state index in [0.717, 1.165) is 0 Å². The van der Waals surface area contributed by atoms with Gasteiger partial charge in [0.2, 0.25) is 5.88 Å². The van der Waals surface area contributed by atoms with Crippen LogP contribution in [0.1, 0.15) is 17.5 Å². The smallest absolute Gasteiger partial charge is 0.213 e. The lowest BCUT2D eigenvalue weighted by Gasteiger charge is -2.10. The number of aromatic nitrogens is 4. The van der Waals surface area contributed by atoms with Crippen molar-refractivity contribution in [3.8, 4) is 5.88 Å². The number of rotatable bonds is 3. The van der Waals surface area contributed by atoms with E-state index in [0.29, 0.717) is 17.3 Å². The molecule has 16 heavy (non-hydrogen) atoms. The van der Waals surface area contributed by atoms with Crippen molar-refractivity contribution in [1.29, 1.82) is 0 Å². The molecule has 0 aliphatic rings. The molecule has 2 rings (SSSR count). The van der Waals surface area contributed by atoms with Crippen molar-refractivity contribution in [2.45, 2.75) is 6.10 Å². The summed E-state index contributed by atoms with van der Waals surface area (Å²) in [5, 5.41) is 17.5. The number of aryl methyl sites for hydroxylation is 1. The Balaban J connectivity index is 2.33. The van der Waals surface area contributed by atoms with Gasteiger partial charge in [-0.1, -0.05) is 11.3 Å². The van der Waals surface area contributed by atoms with Crippen molar-refractivity contribution < 1.29 is 9.84 Å². The highest BCUT2D eigenvalue weighted by Crippen LogP contribution is 2.20. The summed E-state index contributed by atoms with van der Waals surface area (Å²) in [5.41, 5.74) is 1.09. The molecule has 0 aliphatic carbocycles. The van der Waals surface area contributed by atoms with E-state index in [2.05, 4.69) is 15.3 Å². The number of pyridine rings is 1. The fourth-order valence-electron chi connectivity index (χ4n) is 1.39. The highest BCUT2D eigenvalue weighted by atomic mass is 16.5. The summed E-state index contributed by atoms with van der Waals surface area (Å²) in [5.74, 6) is 0.465. The second-order valence-corrected chi connectivity index (χ2v) is 3.29. The second-order valence-electron chi connectivity index (χ2n) is 3.29. The summed E-state index contributed by atoms with van der Waals surface area (Å²) in [4.78, 5) is 4.15. The molecule has 6 heteroatoms. The average molecular weight is 220 g/mol. The summed E-state index contributed by atoms with van der Waals surface area (Å²) in [6, 6.07) is 5.21. The molecule has 0 fully saturated rings. The Morgan fingerprint density at radius 2 is 2.25 bits per heavy atom. The third-order valence-electron chi connectivity index (χ3n) is 2.26. The summed E-state index contributed by atoms with van der Waals surface area (Å²) in [6.45, 7) is 0. The first kappa shape index (κ1) is 10.6. The first-order valence-electron chi connectivity index (χ1n) is 4.76. The number of aliphatic hydroxyl groups excluding tert-OH is 1. The van der Waals surface area contributed by atoms with Gasteiger partial charge in [0.1, 0.15) is 6.10 Å². The van der Waals surface area contributed by atoms with E-state index in [1.54, 1.807) is 25.2 Å². The minimum absolute atomic E-state index is 0.465. The number of hydrogen-bond acceptors (Lipinski definition) is 5. The maximum atomic E-state index is 10.1. The molecule has 84 valence electrons. The maximum absolute atomic E-state index is 10.1. The third-order valence-corrected chi connectivity index (χ3v) is 2.26. The predicted molar refractivity (Wildman–Crippen MR) is 55.9 cm³/mol. The van der Waals surface area contributed by atoms with E-state index in [1.165, 1.54) is 18.0 Å². The van der Waals surface area contributed by atoms with Crippen molar-refractivity contribution in [3.05, 3.63) is 35.8 Å². The minimum atomic E-state index is -0.852. The van der Waals surface area contributed by atoms with Gasteiger partial charge in [0.15, 0.2) is 0 Å². The summed E-state index contributed by atoms with van der Waals surface area (Å²) < 4.78 is 6.50. The molecule has 0 aromatic carbocycles. The van der Waals surface area contributed by atoms with Crippen LogP contribution in [0.5, 0.6) is 5.88 Å². The Hall–Kier alpha value is -1.95. The van der Waals surface area contributed by atoms with Crippen LogP contribution < -0.4 is 4.74 Å². The number of nitrogens with zero attached hydrogens (tertiary/aromatic N) is 4. The Labute approximate surface area is 92.5 Å². The van der Waals surface area contributed by atoms with Gasteiger partial charge >= 0.3 is 0 Å². The van der Waals surface area contributed by atoms with Crippen LogP contribution in [0, 0.1) is 0 Å². The Morgan fingerprint density at radius 3 is 2.88 bits per heavy atom. The third kappa shape index (κ3) is 1.87. The van der Waals surface area contributed by atoms with Gasteiger partial charge in [-0.2, -0.15) is 0 Å². The van der Waals surface area contributed by atoms with Crippen LogP contribution in [-0.4, -0.2) is 32.2 Å². The zero-order valence-electron chi connectivity index (χ0n) is 9.03. The molecule has 0 saturated carbocycles. The highest BCUT2D eigenvalue weighted by molar-refractivity contribution is 5.22. The summed E-state index contributed by atoms with van der Waals surface area (Å²) in [6.07, 6.45) is 0.654. The largest absolute Gasteiger partial charge is 0.481 e. The van der Waals surface area contributed by atoms with E-state index < -0.39 is 6.10 Å². The Morgan fingerprint density at radius 1 is 1.44 bits per heavy atom. The van der Waals surface area contributed by atoms with Gasteiger partial charge in [0.05, 0.1) is 24.7 Å². The molecule has 0 amide bonds. The Bertz CT molecular complexity index is 483. The molecule has 2 aromatic rings. The van der Waals surface area contributed by atoms with Gasteiger partial charge in [-0.15, -0.1) is 5.10 Å². The lowest BCUT2D eigenvalue weighted by Crippen LogP contribution is -2.08. The molecular weight excluding hydrogens is 208 g/mol. The number of methoxy groups -OCH3 is 1. The standard InChI is InChI=1S/C10H12N4O2/c1-14-8(6-11-13-14)10(15)7-4-3-5-9(12-7)16-2/h3-6,10,15H,1-2H3. The molecular formula is C10H12N4O2. The molecule has 0 saturated heterocycles. The van der Waals surface area contributed by atoms with Crippen molar-refractivity contribution in [2.24, 2.45) is 7.05 Å². The van der Waals surface area contributed by atoms with E-state index in [-0.39, 0.29) is 0 Å². The topological polar surface area (TPSA) is 73.1 Å². The zero-order valence-corrected chi connectivity index (χ0v) is 9.03. The second kappa shape index (κ2) is 4.28. The van der Waals surface area contributed by atoms with Gasteiger partial charge < -0.3 is 9.84 Å². The van der Waals surface area contributed by atoms with Crippen molar-refractivity contribution in [3.63, 3.8) is 0 Å². The molecule has 2 aromatic heterocycles. The van der Waals surface area contributed by atoms with Gasteiger partial charge in [0.25, 0.3) is 0 Å². The van der Waals surface area contributed by atoms with Crippen LogP contribution in [0.4, 0.5) is 0 Å². The van der Waals surface area contributed by atoms with Crippen molar-refractivity contribution >= 4 is 0 Å². The zero-order chi connectivity index (χ0) is 11.5. The van der Waals surface area contributed by atoms with Crippen LogP contribution in [0.15, 0.2) is 24.4 Å². The summed E-state index contributed by atoms with van der Waals surface area (Å²) in [7, 11) is 3.25. The van der Waals surface area contributed by atoms with E-state index in [9.17, 15) is 5.11 Å². The van der Waals surface area contributed by atoms with Crippen molar-refractivity contribution in [2.75, 3.05) is 7.11 Å². The van der Waals surface area contributed by atoms with Crippen LogP contribution in [0.25, 0.3) is 0 Å². The van der Waals surface area contributed by atoms with Gasteiger partial charge in [0, 0.05) is 13.1 Å². The molecule has 1 atom stereocenters. The van der Waals surface area contributed by atoms with Crippen LogP contribution >= 0.6 is 0 Å². The fraction of sp³-hybridized carbons (Fsp3) is 0.300. The minimum Gasteiger partial charge on any atom is -0.481 e. The average Bonchev–Trinajstić information content (AvgIpc) is 2.74. The molecule has 0 spiro atoms. The molecule has 6 nitrogen and oxygen atoms in total. The van der Waals surface area contributed by atoms with E-state index in [1.807, 2.05) is 0 Å². The van der Waals surface area contributed by atoms with E-state index in [4.69, 9.17) is 4.74 Å². The number of ether oxygens (including phenoxy) is 1. The fourth-order valence-corrected chi connectivity index (χ4v) is 1.39. The molecule has 1 N–H and O–H groups in total. The maximum Gasteiger partial charge on any atom is 0.213 e. The lowest BCUT2D eigenvalue weighted by atomic mass is 10.2. The Kier molecular flexibility index (Phi) is 2.82. The molecule has 2 heterocycles. The van der Waals surface area contributed by atoms with Crippen LogP contribution in [0.3, 0.4) is 0 Å². The van der Waals surface area contributed by atoms with Gasteiger partial charge in [-0.05, 0) is 6.07 Å². The monoisotopic (exact) mass is 220 g/mol. The molecule has 1 unspecified atom stereocenters. The molecule has 0 aliphatic heterocycles. The highest BCUT2D eigenvalue weighted by Gasteiger charge is 2.16. The predicted octanol–water partition coefficient (Wildman–Crippen LogP) is 0.300. The summed E-state index contributed by atoms with van der Waals surface area (Å²) >= 11 is 0. The quantitative estimate of drug-likeness (QED) is 0.805. The first-order valence-corrected chi connectivity index (χ1v) is 4.76. The van der Waals surface area contributed by atoms with Gasteiger partial charge in [-0.25, -0.2) is 9.67 Å².